The van der Waals surface area contributed by atoms with Gasteiger partial charge in [0.15, 0.2) is 0 Å². The fraction of sp³-hybridized carbons (Fsp3) is 0.300. The average Bonchev–Trinajstić information content (AvgIpc) is 3.42. The molecule has 8 heteroatoms. The number of H-pyrrole nitrogens is 2. The maximum absolute atomic E-state index is 12.6. The first-order chi connectivity index (χ1) is 13.7. The van der Waals surface area contributed by atoms with E-state index in [1.54, 1.807) is 6.20 Å². The van der Waals surface area contributed by atoms with Gasteiger partial charge in [-0.2, -0.15) is 5.10 Å². The monoisotopic (exact) mass is 376 g/mol. The minimum absolute atomic E-state index is 0.0939. The van der Waals surface area contributed by atoms with E-state index in [1.165, 1.54) is 6.20 Å². The first kappa shape index (κ1) is 17.8. The average molecular weight is 376 g/mol. The Morgan fingerprint density at radius 3 is 2.93 bits per heavy atom. The number of fused-ring (bicyclic) bond motifs is 1. The van der Waals surface area contributed by atoms with Gasteiger partial charge in [-0.05, 0) is 31.4 Å². The molecule has 0 unspecified atom stereocenters. The number of aromatic nitrogens is 4. The van der Waals surface area contributed by atoms with E-state index in [4.69, 9.17) is 6.42 Å². The number of nitrogens with zero attached hydrogens (tertiary/aromatic N) is 2. The van der Waals surface area contributed by atoms with Crippen LogP contribution in [-0.2, 0) is 11.2 Å². The summed E-state index contributed by atoms with van der Waals surface area (Å²) in [4.78, 5) is 32.5. The largest absolute Gasteiger partial charge is 0.360 e. The zero-order chi connectivity index (χ0) is 19.5. The minimum Gasteiger partial charge on any atom is -0.360 e. The van der Waals surface area contributed by atoms with Crippen molar-refractivity contribution >= 4 is 22.8 Å². The molecule has 0 bridgehead atoms. The smallest absolute Gasteiger partial charge is 0.270 e. The molecular weight excluding hydrogens is 356 g/mol. The van der Waals surface area contributed by atoms with E-state index in [-0.39, 0.29) is 36.0 Å². The van der Waals surface area contributed by atoms with E-state index in [2.05, 4.69) is 36.7 Å². The Labute approximate surface area is 161 Å². The molecule has 4 N–H and O–H groups in total. The number of terminal acetylenes is 1. The molecule has 4 rings (SSSR count). The van der Waals surface area contributed by atoms with Crippen molar-refractivity contribution in [2.45, 2.75) is 37.8 Å². The molecule has 2 atom stereocenters. The molecule has 142 valence electrons. The third-order valence-electron chi connectivity index (χ3n) is 5.07. The number of nitrogens with one attached hydrogen (secondary N) is 4. The molecule has 2 amide bonds. The summed E-state index contributed by atoms with van der Waals surface area (Å²) in [6.07, 6.45) is 13.1. The third-order valence-corrected chi connectivity index (χ3v) is 5.07. The van der Waals surface area contributed by atoms with Crippen molar-refractivity contribution < 1.29 is 9.59 Å². The molecule has 28 heavy (non-hydrogen) atoms. The van der Waals surface area contributed by atoms with Crippen molar-refractivity contribution in [3.8, 4) is 12.3 Å². The summed E-state index contributed by atoms with van der Waals surface area (Å²) in [6, 6.07) is 3.50. The van der Waals surface area contributed by atoms with Crippen LogP contribution in [0.25, 0.3) is 11.0 Å². The molecule has 1 fully saturated rings. The topological polar surface area (TPSA) is 116 Å². The van der Waals surface area contributed by atoms with Crippen LogP contribution in [0.3, 0.4) is 0 Å². The lowest BCUT2D eigenvalue weighted by atomic mass is 10.1. The molecule has 1 aliphatic carbocycles. The maximum atomic E-state index is 12.6. The molecule has 0 aliphatic heterocycles. The molecular formula is C20H20N6O2. The van der Waals surface area contributed by atoms with Crippen LogP contribution in [0.5, 0.6) is 0 Å². The summed E-state index contributed by atoms with van der Waals surface area (Å²) in [5.74, 6) is 2.03. The van der Waals surface area contributed by atoms with Crippen LogP contribution in [0.15, 0.2) is 30.7 Å². The number of carbonyl (C=O) groups is 2. The molecule has 1 saturated carbocycles. The SMILES string of the molecule is C#Cc1cn[nH]c1C(=O)N[C@H]1CCC[C@H]1NC(=O)Cc1c[nH]c2cccnc12. The Morgan fingerprint density at radius 1 is 1.29 bits per heavy atom. The maximum Gasteiger partial charge on any atom is 0.270 e. The number of carbonyl (C=O) groups excluding carboxylic acids is 2. The van der Waals surface area contributed by atoms with Crippen LogP contribution in [-0.4, -0.2) is 44.1 Å². The van der Waals surface area contributed by atoms with E-state index >= 15 is 0 Å². The van der Waals surface area contributed by atoms with E-state index in [0.29, 0.717) is 5.56 Å². The molecule has 0 spiro atoms. The van der Waals surface area contributed by atoms with Crippen molar-refractivity contribution in [2.75, 3.05) is 0 Å². The lowest BCUT2D eigenvalue weighted by Crippen LogP contribution is -2.49. The van der Waals surface area contributed by atoms with E-state index < -0.39 is 0 Å². The van der Waals surface area contributed by atoms with Gasteiger partial charge in [0.05, 0.1) is 29.2 Å². The second-order valence-corrected chi connectivity index (χ2v) is 6.88. The van der Waals surface area contributed by atoms with Crippen LogP contribution < -0.4 is 10.6 Å². The molecule has 3 heterocycles. The third kappa shape index (κ3) is 3.47. The summed E-state index contributed by atoms with van der Waals surface area (Å²) in [6.45, 7) is 0. The highest BCUT2D eigenvalue weighted by Crippen LogP contribution is 2.21. The molecule has 0 radical (unpaired) electrons. The van der Waals surface area contributed by atoms with Gasteiger partial charge < -0.3 is 15.6 Å². The van der Waals surface area contributed by atoms with Crippen molar-refractivity contribution in [3.63, 3.8) is 0 Å². The van der Waals surface area contributed by atoms with Gasteiger partial charge in [0.1, 0.15) is 5.69 Å². The lowest BCUT2D eigenvalue weighted by molar-refractivity contribution is -0.121. The molecule has 3 aromatic heterocycles. The van der Waals surface area contributed by atoms with Gasteiger partial charge in [0, 0.05) is 30.0 Å². The fourth-order valence-electron chi connectivity index (χ4n) is 3.69. The van der Waals surface area contributed by atoms with Crippen LogP contribution in [0.4, 0.5) is 0 Å². The Morgan fingerprint density at radius 2 is 2.11 bits per heavy atom. The molecule has 1 aliphatic rings. The highest BCUT2D eigenvalue weighted by Gasteiger charge is 2.31. The van der Waals surface area contributed by atoms with Crippen LogP contribution >= 0.6 is 0 Å². The van der Waals surface area contributed by atoms with E-state index in [1.807, 2.05) is 18.3 Å². The lowest BCUT2D eigenvalue weighted by Gasteiger charge is -2.22. The number of rotatable bonds is 5. The quantitative estimate of drug-likeness (QED) is 0.502. The second-order valence-electron chi connectivity index (χ2n) is 6.88. The number of hydrogen-bond donors (Lipinski definition) is 4. The van der Waals surface area contributed by atoms with Gasteiger partial charge in [-0.1, -0.05) is 5.92 Å². The predicted molar refractivity (Wildman–Crippen MR) is 103 cm³/mol. The van der Waals surface area contributed by atoms with Gasteiger partial charge in [-0.25, -0.2) is 0 Å². The van der Waals surface area contributed by atoms with Gasteiger partial charge in [-0.15, -0.1) is 6.42 Å². The van der Waals surface area contributed by atoms with Crippen LogP contribution in [0, 0.1) is 12.3 Å². The number of hydrogen-bond acceptors (Lipinski definition) is 4. The van der Waals surface area contributed by atoms with Crippen molar-refractivity contribution in [1.29, 1.82) is 0 Å². The number of pyridine rings is 1. The molecule has 0 aromatic carbocycles. The first-order valence-electron chi connectivity index (χ1n) is 9.17. The van der Waals surface area contributed by atoms with Gasteiger partial charge in [0.25, 0.3) is 5.91 Å². The van der Waals surface area contributed by atoms with Crippen molar-refractivity contribution in [3.05, 3.63) is 47.5 Å². The standard InChI is InChI=1S/C20H20N6O2/c1-2-12-11-23-26-19(12)20(28)25-15-6-3-5-14(15)24-17(27)9-13-10-22-16-7-4-8-21-18(13)16/h1,4,7-8,10-11,14-15,22H,3,5-6,9H2,(H,23,26)(H,24,27)(H,25,28)/t14-,15+/m1/s1. The number of aromatic amines is 2. The molecule has 0 saturated heterocycles. The van der Waals surface area contributed by atoms with Crippen LogP contribution in [0.2, 0.25) is 0 Å². The number of amides is 2. The molecule has 8 nitrogen and oxygen atoms in total. The van der Waals surface area contributed by atoms with E-state index in [9.17, 15) is 9.59 Å². The van der Waals surface area contributed by atoms with Gasteiger partial charge >= 0.3 is 0 Å². The van der Waals surface area contributed by atoms with Crippen LogP contribution in [0.1, 0.15) is 40.9 Å². The Balaban J connectivity index is 1.39. The summed E-state index contributed by atoms with van der Waals surface area (Å²) in [7, 11) is 0. The normalized spacial score (nSPS) is 18.7. The summed E-state index contributed by atoms with van der Waals surface area (Å²) in [5, 5.41) is 12.5. The Hall–Kier alpha value is -3.60. The van der Waals surface area contributed by atoms with Gasteiger partial charge in [-0.3, -0.25) is 19.7 Å². The Bertz CT molecular complexity index is 1060. The summed E-state index contributed by atoms with van der Waals surface area (Å²) >= 11 is 0. The highest BCUT2D eigenvalue weighted by molar-refractivity contribution is 5.95. The van der Waals surface area contributed by atoms with E-state index in [0.717, 1.165) is 35.9 Å². The van der Waals surface area contributed by atoms with Gasteiger partial charge in [0.2, 0.25) is 5.91 Å². The van der Waals surface area contributed by atoms with Crippen molar-refractivity contribution in [1.82, 2.24) is 30.8 Å². The zero-order valence-electron chi connectivity index (χ0n) is 15.2. The minimum atomic E-state index is -0.308. The summed E-state index contributed by atoms with van der Waals surface area (Å²) < 4.78 is 0. The predicted octanol–water partition coefficient (Wildman–Crippen LogP) is 1.28. The zero-order valence-corrected chi connectivity index (χ0v) is 15.2. The second kappa shape index (κ2) is 7.56. The van der Waals surface area contributed by atoms with Crippen molar-refractivity contribution in [2.24, 2.45) is 0 Å². The first-order valence-corrected chi connectivity index (χ1v) is 9.17. The summed E-state index contributed by atoms with van der Waals surface area (Å²) in [5.41, 5.74) is 3.24. The Kier molecular flexibility index (Phi) is 4.81. The molecule has 3 aromatic rings. The highest BCUT2D eigenvalue weighted by atomic mass is 16.2. The fourth-order valence-corrected chi connectivity index (χ4v) is 3.69.